The second-order valence-electron chi connectivity index (χ2n) is 3.98. The predicted octanol–water partition coefficient (Wildman–Crippen LogP) is 3.31. The van der Waals surface area contributed by atoms with E-state index in [4.69, 9.17) is 5.11 Å². The van der Waals surface area contributed by atoms with Crippen LogP contribution in [0.25, 0.3) is 0 Å². The number of hydrogen-bond donors (Lipinski definition) is 1. The van der Waals surface area contributed by atoms with E-state index in [1.54, 1.807) is 0 Å². The van der Waals surface area contributed by atoms with E-state index in [-0.39, 0.29) is 0 Å². The number of carboxylic acids is 1. The minimum Gasteiger partial charge on any atom is -0.481 e. The van der Waals surface area contributed by atoms with Crippen LogP contribution in [0.15, 0.2) is 0 Å². The van der Waals surface area contributed by atoms with Gasteiger partial charge in [0, 0.05) is 11.7 Å². The molecule has 1 saturated carbocycles. The maximum atomic E-state index is 10.3. The summed E-state index contributed by atoms with van der Waals surface area (Å²) in [5.41, 5.74) is 0. The number of rotatable bonds is 6. The van der Waals surface area contributed by atoms with Gasteiger partial charge in [-0.25, -0.2) is 0 Å². The highest BCUT2D eigenvalue weighted by atomic mass is 32.2. The molecule has 14 heavy (non-hydrogen) atoms. The fourth-order valence-corrected chi connectivity index (χ4v) is 3.23. The molecule has 82 valence electrons. The van der Waals surface area contributed by atoms with Crippen LogP contribution in [-0.2, 0) is 4.79 Å². The van der Waals surface area contributed by atoms with Crippen LogP contribution < -0.4 is 0 Å². The van der Waals surface area contributed by atoms with Gasteiger partial charge < -0.3 is 5.11 Å². The van der Waals surface area contributed by atoms with Crippen molar-refractivity contribution in [3.8, 4) is 0 Å². The lowest BCUT2D eigenvalue weighted by Gasteiger charge is -2.20. The monoisotopic (exact) mass is 216 g/mol. The maximum absolute atomic E-state index is 10.3. The topological polar surface area (TPSA) is 37.3 Å². The van der Waals surface area contributed by atoms with Gasteiger partial charge in [0.1, 0.15) is 0 Å². The largest absolute Gasteiger partial charge is 0.481 e. The third-order valence-corrected chi connectivity index (χ3v) is 4.16. The van der Waals surface area contributed by atoms with Gasteiger partial charge in [-0.05, 0) is 31.4 Å². The summed E-state index contributed by atoms with van der Waals surface area (Å²) in [4.78, 5) is 10.3. The zero-order chi connectivity index (χ0) is 10.2. The molecule has 0 unspecified atom stereocenters. The van der Waals surface area contributed by atoms with E-state index in [0.717, 1.165) is 23.8 Å². The van der Waals surface area contributed by atoms with Gasteiger partial charge in [-0.15, -0.1) is 0 Å². The standard InChI is InChI=1S/C11H20O2S/c12-11(13)8-4-5-9-14-10-6-2-1-3-7-10/h10H,1-9H2,(H,12,13). The highest BCUT2D eigenvalue weighted by molar-refractivity contribution is 7.99. The summed E-state index contributed by atoms with van der Waals surface area (Å²) in [6.45, 7) is 0. The van der Waals surface area contributed by atoms with E-state index < -0.39 is 5.97 Å². The molecule has 0 aromatic carbocycles. The van der Waals surface area contributed by atoms with Crippen LogP contribution in [0.2, 0.25) is 0 Å². The van der Waals surface area contributed by atoms with Crippen molar-refractivity contribution in [2.24, 2.45) is 0 Å². The van der Waals surface area contributed by atoms with E-state index in [1.807, 2.05) is 0 Å². The molecule has 0 saturated heterocycles. The van der Waals surface area contributed by atoms with Crippen molar-refractivity contribution in [1.82, 2.24) is 0 Å². The highest BCUT2D eigenvalue weighted by Gasteiger charge is 2.12. The van der Waals surface area contributed by atoms with E-state index in [1.165, 1.54) is 32.1 Å². The molecule has 1 rings (SSSR count). The summed E-state index contributed by atoms with van der Waals surface area (Å²) in [6, 6.07) is 0. The maximum Gasteiger partial charge on any atom is 0.303 e. The van der Waals surface area contributed by atoms with Gasteiger partial charge in [0.25, 0.3) is 0 Å². The number of hydrogen-bond acceptors (Lipinski definition) is 2. The van der Waals surface area contributed by atoms with Crippen LogP contribution in [0, 0.1) is 0 Å². The number of thioether (sulfide) groups is 1. The van der Waals surface area contributed by atoms with Crippen LogP contribution in [0.1, 0.15) is 51.4 Å². The van der Waals surface area contributed by atoms with Gasteiger partial charge in [-0.3, -0.25) is 4.79 Å². The molecular weight excluding hydrogens is 196 g/mol. The number of aliphatic carboxylic acids is 1. The molecule has 0 aliphatic heterocycles. The summed E-state index contributed by atoms with van der Waals surface area (Å²) >= 11 is 2.06. The van der Waals surface area contributed by atoms with Crippen molar-refractivity contribution in [2.45, 2.75) is 56.6 Å². The average molecular weight is 216 g/mol. The molecule has 1 N–H and O–H groups in total. The van der Waals surface area contributed by atoms with Gasteiger partial charge in [0.15, 0.2) is 0 Å². The SMILES string of the molecule is O=C(O)CCCCSC1CCCCC1. The average Bonchev–Trinajstić information content (AvgIpc) is 2.18. The second kappa shape index (κ2) is 7.16. The molecule has 0 atom stereocenters. The molecule has 1 fully saturated rings. The molecule has 2 nitrogen and oxygen atoms in total. The fraction of sp³-hybridized carbons (Fsp3) is 0.909. The zero-order valence-electron chi connectivity index (χ0n) is 8.71. The fourth-order valence-electron chi connectivity index (χ4n) is 1.86. The van der Waals surface area contributed by atoms with Crippen LogP contribution in [0.5, 0.6) is 0 Å². The molecule has 0 spiro atoms. The van der Waals surface area contributed by atoms with Crippen molar-refractivity contribution in [1.29, 1.82) is 0 Å². The lowest BCUT2D eigenvalue weighted by Crippen LogP contribution is -2.08. The van der Waals surface area contributed by atoms with Gasteiger partial charge in [0.05, 0.1) is 0 Å². The first kappa shape index (κ1) is 11.9. The summed E-state index contributed by atoms with van der Waals surface area (Å²) < 4.78 is 0. The molecule has 0 radical (unpaired) electrons. The summed E-state index contributed by atoms with van der Waals surface area (Å²) in [7, 11) is 0. The third-order valence-electron chi connectivity index (χ3n) is 2.69. The Morgan fingerprint density at radius 3 is 2.57 bits per heavy atom. The Hall–Kier alpha value is -0.180. The van der Waals surface area contributed by atoms with Crippen molar-refractivity contribution < 1.29 is 9.90 Å². The van der Waals surface area contributed by atoms with Crippen LogP contribution in [0.3, 0.4) is 0 Å². The van der Waals surface area contributed by atoms with Gasteiger partial charge in [0.2, 0.25) is 0 Å². The summed E-state index contributed by atoms with van der Waals surface area (Å²) in [5, 5.41) is 9.32. The molecule has 1 aliphatic rings. The molecule has 0 bridgehead atoms. The Morgan fingerprint density at radius 1 is 1.21 bits per heavy atom. The molecule has 0 aromatic rings. The van der Waals surface area contributed by atoms with Crippen molar-refractivity contribution in [3.63, 3.8) is 0 Å². The molecule has 0 amide bonds. The third kappa shape index (κ3) is 5.53. The highest BCUT2D eigenvalue weighted by Crippen LogP contribution is 2.28. The van der Waals surface area contributed by atoms with Crippen LogP contribution >= 0.6 is 11.8 Å². The Bertz CT molecular complexity index is 165. The first-order valence-corrected chi connectivity index (χ1v) is 6.67. The zero-order valence-corrected chi connectivity index (χ0v) is 9.52. The van der Waals surface area contributed by atoms with E-state index >= 15 is 0 Å². The molecule has 1 aliphatic carbocycles. The molecule has 3 heteroatoms. The van der Waals surface area contributed by atoms with E-state index in [2.05, 4.69) is 11.8 Å². The lowest BCUT2D eigenvalue weighted by molar-refractivity contribution is -0.137. The van der Waals surface area contributed by atoms with Crippen molar-refractivity contribution >= 4 is 17.7 Å². The van der Waals surface area contributed by atoms with E-state index in [9.17, 15) is 4.79 Å². The smallest absolute Gasteiger partial charge is 0.303 e. The Kier molecular flexibility index (Phi) is 6.08. The second-order valence-corrected chi connectivity index (χ2v) is 5.39. The molecule has 0 heterocycles. The summed E-state index contributed by atoms with van der Waals surface area (Å²) in [6.07, 6.45) is 9.20. The Labute approximate surface area is 90.5 Å². The minimum atomic E-state index is -0.660. The normalized spacial score (nSPS) is 18.3. The van der Waals surface area contributed by atoms with Gasteiger partial charge in [-0.2, -0.15) is 11.8 Å². The van der Waals surface area contributed by atoms with Gasteiger partial charge >= 0.3 is 5.97 Å². The van der Waals surface area contributed by atoms with Crippen LogP contribution in [0.4, 0.5) is 0 Å². The number of unbranched alkanes of at least 4 members (excludes halogenated alkanes) is 1. The first-order valence-electron chi connectivity index (χ1n) is 5.62. The molecule has 0 aromatic heterocycles. The first-order chi connectivity index (χ1) is 6.79. The van der Waals surface area contributed by atoms with Crippen LogP contribution in [-0.4, -0.2) is 22.1 Å². The van der Waals surface area contributed by atoms with Crippen molar-refractivity contribution in [2.75, 3.05) is 5.75 Å². The Balaban J connectivity index is 1.90. The quantitative estimate of drug-likeness (QED) is 0.692. The minimum absolute atomic E-state index is 0.339. The number of carboxylic acid groups (broad SMARTS) is 1. The summed E-state index contributed by atoms with van der Waals surface area (Å²) in [5.74, 6) is 0.491. The number of carbonyl (C=O) groups is 1. The van der Waals surface area contributed by atoms with Crippen molar-refractivity contribution in [3.05, 3.63) is 0 Å². The Morgan fingerprint density at radius 2 is 1.93 bits per heavy atom. The molecular formula is C11H20O2S. The predicted molar refractivity (Wildman–Crippen MR) is 60.8 cm³/mol. The lowest BCUT2D eigenvalue weighted by atomic mass is 10.0. The van der Waals surface area contributed by atoms with Gasteiger partial charge in [-0.1, -0.05) is 19.3 Å². The van der Waals surface area contributed by atoms with E-state index in [0.29, 0.717) is 6.42 Å².